The van der Waals surface area contributed by atoms with E-state index in [9.17, 15) is 18.0 Å². The number of nitrogens with zero attached hydrogens (tertiary/aromatic N) is 2. The third-order valence-electron chi connectivity index (χ3n) is 4.43. The Morgan fingerprint density at radius 1 is 1.25 bits per heavy atom. The lowest BCUT2D eigenvalue weighted by Crippen LogP contribution is -2.42. The molecular weight excluding hydrogens is 389 g/mol. The largest absolute Gasteiger partial charge is 0.416 e. The van der Waals surface area contributed by atoms with Gasteiger partial charge in [-0.2, -0.15) is 13.2 Å². The maximum Gasteiger partial charge on any atom is 0.416 e. The van der Waals surface area contributed by atoms with E-state index in [1.165, 1.54) is 6.07 Å². The molecule has 0 aliphatic heterocycles. The number of halogens is 4. The fourth-order valence-electron chi connectivity index (χ4n) is 2.85. The van der Waals surface area contributed by atoms with Gasteiger partial charge in [0.15, 0.2) is 0 Å². The minimum absolute atomic E-state index is 0.103. The number of carbonyl (C=O) groups excluding carboxylic acids is 1. The molecule has 0 bridgehead atoms. The molecule has 0 atom stereocenters. The molecule has 0 saturated carbocycles. The van der Waals surface area contributed by atoms with Crippen LogP contribution in [0.25, 0.3) is 0 Å². The first-order valence-corrected chi connectivity index (χ1v) is 9.38. The molecule has 28 heavy (non-hydrogen) atoms. The second-order valence-electron chi connectivity index (χ2n) is 7.32. The van der Waals surface area contributed by atoms with Crippen molar-refractivity contribution in [3.63, 3.8) is 0 Å². The Balaban J connectivity index is 2.23. The van der Waals surface area contributed by atoms with Gasteiger partial charge in [0.05, 0.1) is 17.5 Å². The number of alkyl halides is 4. The summed E-state index contributed by atoms with van der Waals surface area (Å²) in [7, 11) is 0. The molecule has 1 aromatic heterocycles. The SMILES string of the molecule is C=CCN(Cc1cccn1Cc1cccc(C(F)(F)F)c1)C(=O)C(C)(C)CCl. The first-order valence-electron chi connectivity index (χ1n) is 8.85. The van der Waals surface area contributed by atoms with Crippen molar-refractivity contribution in [2.45, 2.75) is 33.1 Å². The van der Waals surface area contributed by atoms with Crippen molar-refractivity contribution in [2.24, 2.45) is 5.41 Å². The van der Waals surface area contributed by atoms with Crippen LogP contribution < -0.4 is 0 Å². The van der Waals surface area contributed by atoms with E-state index in [0.29, 0.717) is 18.7 Å². The molecule has 2 rings (SSSR count). The fraction of sp³-hybridized carbons (Fsp3) is 0.381. The molecule has 152 valence electrons. The minimum Gasteiger partial charge on any atom is -0.345 e. The lowest BCUT2D eigenvalue weighted by Gasteiger charge is -2.30. The monoisotopic (exact) mass is 412 g/mol. The van der Waals surface area contributed by atoms with Crippen molar-refractivity contribution in [3.8, 4) is 0 Å². The van der Waals surface area contributed by atoms with Crippen molar-refractivity contribution in [1.82, 2.24) is 9.47 Å². The van der Waals surface area contributed by atoms with Gasteiger partial charge in [-0.05, 0) is 43.7 Å². The number of amides is 1. The van der Waals surface area contributed by atoms with Crippen LogP contribution in [0.3, 0.4) is 0 Å². The van der Waals surface area contributed by atoms with Crippen LogP contribution in [0.2, 0.25) is 0 Å². The van der Waals surface area contributed by atoms with Crippen LogP contribution in [-0.2, 0) is 24.1 Å². The predicted octanol–water partition coefficient (Wildman–Crippen LogP) is 5.33. The van der Waals surface area contributed by atoms with E-state index in [0.717, 1.165) is 17.8 Å². The predicted molar refractivity (Wildman–Crippen MR) is 105 cm³/mol. The quantitative estimate of drug-likeness (QED) is 0.424. The van der Waals surface area contributed by atoms with Crippen LogP contribution in [0.1, 0.15) is 30.7 Å². The summed E-state index contributed by atoms with van der Waals surface area (Å²) in [6, 6.07) is 8.92. The Morgan fingerprint density at radius 3 is 2.57 bits per heavy atom. The Hall–Kier alpha value is -2.21. The van der Waals surface area contributed by atoms with E-state index in [2.05, 4.69) is 6.58 Å². The molecule has 1 heterocycles. The zero-order valence-electron chi connectivity index (χ0n) is 16.0. The summed E-state index contributed by atoms with van der Waals surface area (Å²) in [5.41, 5.74) is -0.0396. The molecule has 0 saturated heterocycles. The van der Waals surface area contributed by atoms with Crippen molar-refractivity contribution in [3.05, 3.63) is 72.1 Å². The molecule has 0 spiro atoms. The Morgan fingerprint density at radius 2 is 1.96 bits per heavy atom. The average Bonchev–Trinajstić information content (AvgIpc) is 3.07. The van der Waals surface area contributed by atoms with Crippen molar-refractivity contribution >= 4 is 17.5 Å². The van der Waals surface area contributed by atoms with E-state index in [4.69, 9.17) is 11.6 Å². The first-order chi connectivity index (χ1) is 13.1. The fourth-order valence-corrected chi connectivity index (χ4v) is 2.96. The Kier molecular flexibility index (Phi) is 6.99. The number of hydrogen-bond acceptors (Lipinski definition) is 1. The normalized spacial score (nSPS) is 12.1. The second kappa shape index (κ2) is 8.86. The van der Waals surface area contributed by atoms with Crippen LogP contribution in [0.15, 0.2) is 55.3 Å². The lowest BCUT2D eigenvalue weighted by molar-refractivity contribution is -0.139. The zero-order valence-corrected chi connectivity index (χ0v) is 16.7. The smallest absolute Gasteiger partial charge is 0.345 e. The summed E-state index contributed by atoms with van der Waals surface area (Å²) in [4.78, 5) is 14.4. The average molecular weight is 413 g/mol. The van der Waals surface area contributed by atoms with Crippen molar-refractivity contribution in [1.29, 1.82) is 0 Å². The van der Waals surface area contributed by atoms with Gasteiger partial charge in [0, 0.05) is 30.9 Å². The van der Waals surface area contributed by atoms with Gasteiger partial charge in [0.25, 0.3) is 0 Å². The number of rotatable bonds is 8. The molecule has 2 aromatic rings. The highest BCUT2D eigenvalue weighted by atomic mass is 35.5. The molecule has 1 amide bonds. The van der Waals surface area contributed by atoms with Gasteiger partial charge in [0.2, 0.25) is 5.91 Å². The molecular formula is C21H24ClF3N2O. The van der Waals surface area contributed by atoms with Gasteiger partial charge in [-0.3, -0.25) is 4.79 Å². The van der Waals surface area contributed by atoms with Crippen molar-refractivity contribution in [2.75, 3.05) is 12.4 Å². The van der Waals surface area contributed by atoms with Gasteiger partial charge in [0.1, 0.15) is 0 Å². The maximum absolute atomic E-state index is 12.9. The maximum atomic E-state index is 12.9. The Bertz CT molecular complexity index is 827. The van der Waals surface area contributed by atoms with Crippen LogP contribution >= 0.6 is 11.6 Å². The number of benzene rings is 1. The minimum atomic E-state index is -4.38. The van der Waals surface area contributed by atoms with Crippen LogP contribution in [0.4, 0.5) is 13.2 Å². The van der Waals surface area contributed by atoms with E-state index < -0.39 is 17.2 Å². The molecule has 7 heteroatoms. The molecule has 0 radical (unpaired) electrons. The summed E-state index contributed by atoms with van der Waals surface area (Å²) >= 11 is 5.93. The summed E-state index contributed by atoms with van der Waals surface area (Å²) < 4.78 is 40.7. The number of carbonyl (C=O) groups is 1. The van der Waals surface area contributed by atoms with Gasteiger partial charge in [-0.1, -0.05) is 18.2 Å². The zero-order chi connectivity index (χ0) is 20.9. The highest BCUT2D eigenvalue weighted by molar-refractivity contribution is 6.19. The molecule has 3 nitrogen and oxygen atoms in total. The van der Waals surface area contributed by atoms with Crippen molar-refractivity contribution < 1.29 is 18.0 Å². The highest BCUT2D eigenvalue weighted by Gasteiger charge is 2.32. The van der Waals surface area contributed by atoms with E-state index in [1.807, 2.05) is 16.7 Å². The summed E-state index contributed by atoms with van der Waals surface area (Å²) in [5.74, 6) is 0.0827. The summed E-state index contributed by atoms with van der Waals surface area (Å²) in [5, 5.41) is 0. The second-order valence-corrected chi connectivity index (χ2v) is 7.58. The van der Waals surface area contributed by atoms with E-state index in [1.54, 1.807) is 37.1 Å². The van der Waals surface area contributed by atoms with Crippen LogP contribution in [-0.4, -0.2) is 27.8 Å². The third kappa shape index (κ3) is 5.41. The summed E-state index contributed by atoms with van der Waals surface area (Å²) in [6.45, 7) is 8.21. The van der Waals surface area contributed by atoms with Gasteiger partial charge in [-0.15, -0.1) is 18.2 Å². The van der Waals surface area contributed by atoms with Gasteiger partial charge in [-0.25, -0.2) is 0 Å². The number of hydrogen-bond donors (Lipinski definition) is 0. The van der Waals surface area contributed by atoms with Gasteiger partial charge < -0.3 is 9.47 Å². The topological polar surface area (TPSA) is 25.2 Å². The van der Waals surface area contributed by atoms with Gasteiger partial charge >= 0.3 is 6.18 Å². The molecule has 0 fully saturated rings. The molecule has 0 N–H and O–H groups in total. The highest BCUT2D eigenvalue weighted by Crippen LogP contribution is 2.30. The lowest BCUT2D eigenvalue weighted by atomic mass is 9.94. The summed E-state index contributed by atoms with van der Waals surface area (Å²) in [6.07, 6.45) is -0.947. The Labute approximate surface area is 168 Å². The molecule has 0 aliphatic carbocycles. The number of aromatic nitrogens is 1. The van der Waals surface area contributed by atoms with Crippen LogP contribution in [0.5, 0.6) is 0 Å². The van der Waals surface area contributed by atoms with E-state index >= 15 is 0 Å². The van der Waals surface area contributed by atoms with Crippen LogP contribution in [0, 0.1) is 5.41 Å². The third-order valence-corrected chi connectivity index (χ3v) is 5.10. The molecule has 1 aromatic carbocycles. The van der Waals surface area contributed by atoms with E-state index in [-0.39, 0.29) is 18.3 Å². The molecule has 0 unspecified atom stereocenters. The standard InChI is InChI=1S/C21H24ClF3N2O/c1-4-10-27(19(28)20(2,3)15-22)14-18-9-6-11-26(18)13-16-7-5-8-17(12-16)21(23,24)25/h4-9,11-12H,1,10,13-15H2,2-3H3. The molecule has 0 aliphatic rings. The first kappa shape index (κ1) is 22.1.